The van der Waals surface area contributed by atoms with E-state index in [4.69, 9.17) is 16.3 Å². The predicted octanol–water partition coefficient (Wildman–Crippen LogP) is 7.74. The predicted molar refractivity (Wildman–Crippen MR) is 153 cm³/mol. The fourth-order valence-electron chi connectivity index (χ4n) is 5.46. The van der Waals surface area contributed by atoms with E-state index < -0.39 is 17.6 Å². The maximum absolute atomic E-state index is 15.8. The molecule has 1 aliphatic heterocycles. The van der Waals surface area contributed by atoms with Crippen LogP contribution >= 0.6 is 23.4 Å². The molecule has 1 fully saturated rings. The minimum Gasteiger partial charge on any atom is -0.497 e. The van der Waals surface area contributed by atoms with E-state index in [9.17, 15) is 9.90 Å². The maximum atomic E-state index is 15.8. The van der Waals surface area contributed by atoms with Gasteiger partial charge in [-0.2, -0.15) is 0 Å². The van der Waals surface area contributed by atoms with Gasteiger partial charge in [-0.15, -0.1) is 11.8 Å². The van der Waals surface area contributed by atoms with Crippen molar-refractivity contribution in [2.24, 2.45) is 5.41 Å². The Bertz CT molecular complexity index is 1250. The molecule has 1 aromatic heterocycles. The number of methoxy groups -OCH3 is 1. The molecular formula is C30H36ClFN2O3S. The number of benzene rings is 2. The minimum atomic E-state index is -1.32. The third-order valence-electron chi connectivity index (χ3n) is 7.63. The molecule has 0 bridgehead atoms. The van der Waals surface area contributed by atoms with Gasteiger partial charge in [-0.3, -0.25) is 9.78 Å². The van der Waals surface area contributed by atoms with Gasteiger partial charge in [0.1, 0.15) is 11.9 Å². The van der Waals surface area contributed by atoms with Crippen molar-refractivity contribution in [1.82, 2.24) is 9.88 Å². The smallest absolute Gasteiger partial charge is 0.303 e. The van der Waals surface area contributed by atoms with Gasteiger partial charge in [0.05, 0.1) is 24.1 Å². The van der Waals surface area contributed by atoms with Crippen molar-refractivity contribution >= 4 is 40.2 Å². The summed E-state index contributed by atoms with van der Waals surface area (Å²) in [7, 11) is 1.57. The molecule has 1 saturated heterocycles. The molecule has 0 radical (unpaired) electrons. The molecule has 2 aromatic carbocycles. The second kappa shape index (κ2) is 13.1. The number of fused-ring (bicyclic) bond motifs is 1. The number of likely N-dealkylation sites (tertiary alicyclic amines) is 1. The standard InChI is InChI=1S/C30H36ClFN2O3S/c1-21-5-3-6-23(17-21)38-16-4-13-34-14-11-30(12-15-34,19-28(35)36)10-9-26(32)29-24-18-22(37-2)7-8-27(24)33-20-25(29)31/h3,5-8,17-18,20,26H,4,9-16,19H2,1-2H3,(H,35,36). The van der Waals surface area contributed by atoms with Gasteiger partial charge in [-0.1, -0.05) is 29.3 Å². The van der Waals surface area contributed by atoms with E-state index in [2.05, 4.69) is 41.1 Å². The Morgan fingerprint density at radius 3 is 2.76 bits per heavy atom. The van der Waals surface area contributed by atoms with Crippen molar-refractivity contribution < 1.29 is 19.0 Å². The average molecular weight is 559 g/mol. The zero-order valence-corrected chi connectivity index (χ0v) is 23.7. The molecular weight excluding hydrogens is 523 g/mol. The highest BCUT2D eigenvalue weighted by atomic mass is 35.5. The monoisotopic (exact) mass is 558 g/mol. The van der Waals surface area contributed by atoms with Crippen molar-refractivity contribution in [2.45, 2.75) is 56.5 Å². The summed E-state index contributed by atoms with van der Waals surface area (Å²) >= 11 is 8.29. The molecule has 1 N–H and O–H groups in total. The molecule has 4 rings (SSSR count). The normalized spacial score (nSPS) is 16.4. The number of pyridine rings is 1. The number of alkyl halides is 1. The van der Waals surface area contributed by atoms with Crippen LogP contribution in [-0.4, -0.2) is 53.5 Å². The summed E-state index contributed by atoms with van der Waals surface area (Å²) < 4.78 is 21.1. The molecule has 1 aliphatic rings. The van der Waals surface area contributed by atoms with Crippen LogP contribution in [0, 0.1) is 12.3 Å². The van der Waals surface area contributed by atoms with E-state index in [0.717, 1.165) is 44.6 Å². The molecule has 5 nitrogen and oxygen atoms in total. The molecule has 0 spiro atoms. The molecule has 8 heteroatoms. The Kier molecular flexibility index (Phi) is 9.91. The van der Waals surface area contributed by atoms with E-state index in [1.807, 2.05) is 11.8 Å². The number of halogens is 2. The zero-order valence-electron chi connectivity index (χ0n) is 22.1. The van der Waals surface area contributed by atoms with Crippen LogP contribution in [0.1, 0.15) is 55.8 Å². The Morgan fingerprint density at radius 1 is 1.26 bits per heavy atom. The molecule has 1 atom stereocenters. The summed E-state index contributed by atoms with van der Waals surface area (Å²) in [6.07, 6.45) is 3.55. The number of hydrogen-bond donors (Lipinski definition) is 1. The van der Waals surface area contributed by atoms with Crippen molar-refractivity contribution in [3.63, 3.8) is 0 Å². The average Bonchev–Trinajstić information content (AvgIpc) is 2.90. The SMILES string of the molecule is COc1ccc2ncc(Cl)c(C(F)CCC3(CC(=O)O)CCN(CCCSc4cccc(C)c4)CC3)c2c1. The number of aryl methyl sites for hydroxylation is 1. The Hall–Kier alpha value is -2.35. The molecule has 0 amide bonds. The fourth-order valence-corrected chi connectivity index (χ4v) is 6.68. The lowest BCUT2D eigenvalue weighted by Gasteiger charge is -2.41. The first-order valence-corrected chi connectivity index (χ1v) is 14.5. The van der Waals surface area contributed by atoms with Crippen LogP contribution < -0.4 is 4.74 Å². The highest BCUT2D eigenvalue weighted by Gasteiger charge is 2.37. The minimum absolute atomic E-state index is 0.0649. The third-order valence-corrected chi connectivity index (χ3v) is 9.01. The van der Waals surface area contributed by atoms with Gasteiger partial charge in [-0.25, -0.2) is 4.39 Å². The number of piperidine rings is 1. The van der Waals surface area contributed by atoms with Crippen LogP contribution in [0.2, 0.25) is 5.02 Å². The topological polar surface area (TPSA) is 62.7 Å². The quantitative estimate of drug-likeness (QED) is 0.181. The highest BCUT2D eigenvalue weighted by Crippen LogP contribution is 2.44. The number of carboxylic acid groups (broad SMARTS) is 1. The number of rotatable bonds is 12. The van der Waals surface area contributed by atoms with Gasteiger partial charge in [0, 0.05) is 22.0 Å². The summed E-state index contributed by atoms with van der Waals surface area (Å²) in [4.78, 5) is 19.8. The number of ether oxygens (including phenoxy) is 1. The number of carboxylic acids is 1. The molecule has 204 valence electrons. The number of carbonyl (C=O) groups is 1. The first kappa shape index (κ1) is 28.7. The largest absolute Gasteiger partial charge is 0.497 e. The zero-order chi connectivity index (χ0) is 27.1. The maximum Gasteiger partial charge on any atom is 0.303 e. The van der Waals surface area contributed by atoms with Crippen LogP contribution in [0.3, 0.4) is 0 Å². The van der Waals surface area contributed by atoms with Gasteiger partial charge in [0.15, 0.2) is 0 Å². The second-order valence-electron chi connectivity index (χ2n) is 10.3. The van der Waals surface area contributed by atoms with Crippen molar-refractivity contribution in [3.8, 4) is 5.75 Å². The molecule has 0 aliphatic carbocycles. The van der Waals surface area contributed by atoms with E-state index in [1.165, 1.54) is 16.7 Å². The van der Waals surface area contributed by atoms with Gasteiger partial charge in [-0.05, 0) is 100 Å². The lowest BCUT2D eigenvalue weighted by Crippen LogP contribution is -2.41. The second-order valence-corrected chi connectivity index (χ2v) is 11.9. The summed E-state index contributed by atoms with van der Waals surface area (Å²) in [5, 5.41) is 10.6. The number of hydrogen-bond acceptors (Lipinski definition) is 5. The van der Waals surface area contributed by atoms with Crippen LogP contribution in [-0.2, 0) is 4.79 Å². The van der Waals surface area contributed by atoms with Gasteiger partial charge >= 0.3 is 5.97 Å². The Labute approximate surface area is 233 Å². The first-order chi connectivity index (χ1) is 18.3. The van der Waals surface area contributed by atoms with E-state index in [-0.39, 0.29) is 17.9 Å². The first-order valence-electron chi connectivity index (χ1n) is 13.2. The van der Waals surface area contributed by atoms with E-state index >= 15 is 4.39 Å². The number of aromatic nitrogens is 1. The highest BCUT2D eigenvalue weighted by molar-refractivity contribution is 7.99. The van der Waals surface area contributed by atoms with Crippen LogP contribution in [0.25, 0.3) is 10.9 Å². The van der Waals surface area contributed by atoms with E-state index in [1.54, 1.807) is 25.3 Å². The Balaban J connectivity index is 1.35. The lowest BCUT2D eigenvalue weighted by atomic mass is 9.71. The molecule has 38 heavy (non-hydrogen) atoms. The van der Waals surface area contributed by atoms with Crippen LogP contribution in [0.15, 0.2) is 53.6 Å². The molecule has 0 saturated carbocycles. The van der Waals surface area contributed by atoms with Crippen molar-refractivity contribution in [1.29, 1.82) is 0 Å². The van der Waals surface area contributed by atoms with Crippen LogP contribution in [0.5, 0.6) is 5.75 Å². The Morgan fingerprint density at radius 2 is 2.05 bits per heavy atom. The summed E-state index contributed by atoms with van der Waals surface area (Å²) in [5.41, 5.74) is 1.93. The van der Waals surface area contributed by atoms with Crippen LogP contribution in [0.4, 0.5) is 4.39 Å². The van der Waals surface area contributed by atoms with Crippen molar-refractivity contribution in [2.75, 3.05) is 32.5 Å². The summed E-state index contributed by atoms with van der Waals surface area (Å²) in [6.45, 7) is 4.79. The molecule has 2 heterocycles. The number of aliphatic carboxylic acids is 1. The number of thioether (sulfide) groups is 1. The third kappa shape index (κ3) is 7.39. The molecule has 3 aromatic rings. The summed E-state index contributed by atoms with van der Waals surface area (Å²) in [5.74, 6) is 0.845. The van der Waals surface area contributed by atoms with Gasteiger partial charge in [0.2, 0.25) is 0 Å². The number of nitrogens with zero attached hydrogens (tertiary/aromatic N) is 2. The van der Waals surface area contributed by atoms with Gasteiger partial charge < -0.3 is 14.7 Å². The van der Waals surface area contributed by atoms with E-state index in [0.29, 0.717) is 28.6 Å². The lowest BCUT2D eigenvalue weighted by molar-refractivity contribution is -0.141. The fraction of sp³-hybridized carbons (Fsp3) is 0.467. The van der Waals surface area contributed by atoms with Crippen molar-refractivity contribution in [3.05, 3.63) is 64.8 Å². The summed E-state index contributed by atoms with van der Waals surface area (Å²) in [6, 6.07) is 13.9. The molecule has 1 unspecified atom stereocenters. The van der Waals surface area contributed by atoms with Gasteiger partial charge in [0.25, 0.3) is 0 Å².